The Kier molecular flexibility index (Phi) is 9.17. The van der Waals surface area contributed by atoms with Gasteiger partial charge in [0.1, 0.15) is 5.82 Å². The van der Waals surface area contributed by atoms with Crippen molar-refractivity contribution in [1.29, 1.82) is 0 Å². The van der Waals surface area contributed by atoms with E-state index in [4.69, 9.17) is 27.9 Å². The number of nitrogens with zero attached hydrogens (tertiary/aromatic N) is 2. The van der Waals surface area contributed by atoms with E-state index in [1.165, 1.54) is 12.1 Å². The number of benzene rings is 1. The number of halogens is 2. The summed E-state index contributed by atoms with van der Waals surface area (Å²) >= 11 is 11.8. The van der Waals surface area contributed by atoms with Crippen LogP contribution in [0.1, 0.15) is 0 Å². The van der Waals surface area contributed by atoms with Crippen LogP contribution in [0.2, 0.25) is 10.0 Å². The van der Waals surface area contributed by atoms with E-state index in [1.54, 1.807) is 24.4 Å². The zero-order valence-electron chi connectivity index (χ0n) is 12.3. The second kappa shape index (κ2) is 10.3. The van der Waals surface area contributed by atoms with Crippen LogP contribution in [0.5, 0.6) is 5.75 Å². The predicted molar refractivity (Wildman–Crippen MR) is 83.2 cm³/mol. The van der Waals surface area contributed by atoms with Crippen molar-refractivity contribution in [2.24, 2.45) is 0 Å². The SMILES string of the molecule is Clc1cnc(N2CCOCC2)c(Cl)c1.[Na+].[O-]c1ccccc1. The normalized spacial score (nSPS) is 13.6. The fraction of sp³-hybridized carbons (Fsp3) is 0.267. The van der Waals surface area contributed by atoms with Gasteiger partial charge < -0.3 is 14.7 Å². The van der Waals surface area contributed by atoms with Crippen molar-refractivity contribution in [1.82, 2.24) is 4.98 Å². The maximum absolute atomic E-state index is 10.3. The van der Waals surface area contributed by atoms with Crippen molar-refractivity contribution in [2.45, 2.75) is 0 Å². The molecule has 0 radical (unpaired) electrons. The summed E-state index contributed by atoms with van der Waals surface area (Å²) in [5.41, 5.74) is 0. The van der Waals surface area contributed by atoms with Gasteiger partial charge in [-0.25, -0.2) is 4.98 Å². The van der Waals surface area contributed by atoms with E-state index < -0.39 is 0 Å². The van der Waals surface area contributed by atoms with Crippen molar-refractivity contribution < 1.29 is 39.4 Å². The number of anilines is 1. The van der Waals surface area contributed by atoms with Crippen LogP contribution in [0.4, 0.5) is 5.82 Å². The minimum atomic E-state index is 0. The van der Waals surface area contributed by atoms with Crippen LogP contribution < -0.4 is 39.6 Å². The molecule has 1 aliphatic rings. The summed E-state index contributed by atoms with van der Waals surface area (Å²) in [5.74, 6) is 0.863. The fourth-order valence-corrected chi connectivity index (χ4v) is 2.34. The van der Waals surface area contributed by atoms with Crippen LogP contribution >= 0.6 is 23.2 Å². The topological polar surface area (TPSA) is 48.4 Å². The molecule has 0 spiro atoms. The first-order valence-corrected chi connectivity index (χ1v) is 7.28. The number of hydrogen-bond donors (Lipinski definition) is 0. The second-order valence-electron chi connectivity index (χ2n) is 4.37. The number of ether oxygens (including phenoxy) is 1. The zero-order chi connectivity index (χ0) is 15.1. The van der Waals surface area contributed by atoms with Crippen molar-refractivity contribution in [2.75, 3.05) is 31.2 Å². The van der Waals surface area contributed by atoms with Crippen molar-refractivity contribution >= 4 is 29.0 Å². The molecule has 7 heteroatoms. The van der Waals surface area contributed by atoms with E-state index in [9.17, 15) is 5.11 Å². The Balaban J connectivity index is 0.000000258. The number of pyridine rings is 1. The Labute approximate surface area is 162 Å². The van der Waals surface area contributed by atoms with Gasteiger partial charge in [0.25, 0.3) is 0 Å². The van der Waals surface area contributed by atoms with Crippen LogP contribution in [0, 0.1) is 0 Å². The minimum absolute atomic E-state index is 0. The molecule has 0 N–H and O–H groups in total. The maximum Gasteiger partial charge on any atom is 1.00 e. The molecule has 112 valence electrons. The average molecular weight is 349 g/mol. The Morgan fingerprint density at radius 2 is 1.73 bits per heavy atom. The van der Waals surface area contributed by atoms with E-state index in [2.05, 4.69) is 9.88 Å². The molecule has 1 saturated heterocycles. The Bertz CT molecular complexity index is 567. The molecular weight excluding hydrogens is 334 g/mol. The summed E-state index contributed by atoms with van der Waals surface area (Å²) in [6.45, 7) is 3.10. The number of rotatable bonds is 1. The zero-order valence-corrected chi connectivity index (χ0v) is 15.8. The van der Waals surface area contributed by atoms with Gasteiger partial charge >= 0.3 is 29.6 Å². The quantitative estimate of drug-likeness (QED) is 0.680. The molecule has 3 rings (SSSR count). The molecule has 0 unspecified atom stereocenters. The van der Waals surface area contributed by atoms with Gasteiger partial charge in [-0.1, -0.05) is 53.5 Å². The largest absolute Gasteiger partial charge is 1.00 e. The summed E-state index contributed by atoms with van der Waals surface area (Å²) in [7, 11) is 0. The number of morpholine rings is 1. The Hall–Kier alpha value is -0.490. The molecule has 0 amide bonds. The molecule has 2 aromatic rings. The fourth-order valence-electron chi connectivity index (χ4n) is 1.84. The van der Waals surface area contributed by atoms with Gasteiger partial charge in [0, 0.05) is 19.3 Å². The monoisotopic (exact) mass is 348 g/mol. The number of aromatic nitrogens is 1. The number of hydrogen-bond acceptors (Lipinski definition) is 4. The second-order valence-corrected chi connectivity index (χ2v) is 5.22. The van der Waals surface area contributed by atoms with Crippen LogP contribution in [0.15, 0.2) is 42.6 Å². The van der Waals surface area contributed by atoms with Gasteiger partial charge in [-0.15, -0.1) is 5.75 Å². The number of para-hydroxylation sites is 1. The first-order valence-electron chi connectivity index (χ1n) is 6.52. The third kappa shape index (κ3) is 6.32. The summed E-state index contributed by atoms with van der Waals surface area (Å²) in [5, 5.41) is 11.4. The van der Waals surface area contributed by atoms with Crippen LogP contribution in [0.3, 0.4) is 0 Å². The van der Waals surface area contributed by atoms with E-state index in [-0.39, 0.29) is 35.3 Å². The van der Waals surface area contributed by atoms with Crippen LogP contribution in [-0.2, 0) is 4.74 Å². The molecular formula is C15H15Cl2N2NaO2. The third-order valence-corrected chi connectivity index (χ3v) is 3.33. The molecule has 0 bridgehead atoms. The molecule has 2 heterocycles. The Morgan fingerprint density at radius 3 is 2.23 bits per heavy atom. The predicted octanol–water partition coefficient (Wildman–Crippen LogP) is -0.0108. The van der Waals surface area contributed by atoms with Gasteiger partial charge in [-0.3, -0.25) is 0 Å². The van der Waals surface area contributed by atoms with E-state index in [0.29, 0.717) is 10.0 Å². The smallest absolute Gasteiger partial charge is 0.872 e. The minimum Gasteiger partial charge on any atom is -0.872 e. The van der Waals surface area contributed by atoms with Gasteiger partial charge in [-0.05, 0) is 6.07 Å². The maximum atomic E-state index is 10.3. The first-order chi connectivity index (χ1) is 10.2. The first kappa shape index (κ1) is 19.6. The van der Waals surface area contributed by atoms with Crippen molar-refractivity contribution in [3.05, 3.63) is 52.6 Å². The summed E-state index contributed by atoms with van der Waals surface area (Å²) in [6, 6.07) is 10.0. The molecule has 4 nitrogen and oxygen atoms in total. The molecule has 0 atom stereocenters. The van der Waals surface area contributed by atoms with Crippen LogP contribution in [-0.4, -0.2) is 31.3 Å². The third-order valence-electron chi connectivity index (χ3n) is 2.84. The summed E-state index contributed by atoms with van der Waals surface area (Å²) in [6.07, 6.45) is 1.61. The van der Waals surface area contributed by atoms with Gasteiger partial charge in [0.05, 0.1) is 23.3 Å². The van der Waals surface area contributed by atoms with Gasteiger partial charge in [0.2, 0.25) is 0 Å². The molecule has 1 aromatic heterocycles. The standard InChI is InChI=1S/C9H10Cl2N2O.C6H6O.Na/c10-7-5-8(11)9(12-6-7)13-1-3-14-4-2-13;7-6-4-2-1-3-5-6;/h5-6H,1-4H2;1-5,7H;/q;;+1/p-1. The van der Waals surface area contributed by atoms with E-state index in [0.717, 1.165) is 32.1 Å². The van der Waals surface area contributed by atoms with Crippen molar-refractivity contribution in [3.63, 3.8) is 0 Å². The molecule has 22 heavy (non-hydrogen) atoms. The van der Waals surface area contributed by atoms with E-state index in [1.807, 2.05) is 6.07 Å². The van der Waals surface area contributed by atoms with Gasteiger partial charge in [0.15, 0.2) is 0 Å². The van der Waals surface area contributed by atoms with Crippen LogP contribution in [0.25, 0.3) is 0 Å². The molecule has 0 aliphatic carbocycles. The molecule has 1 fully saturated rings. The van der Waals surface area contributed by atoms with Crippen molar-refractivity contribution in [3.8, 4) is 5.75 Å². The molecule has 1 aromatic carbocycles. The average Bonchev–Trinajstić information content (AvgIpc) is 2.49. The molecule has 1 aliphatic heterocycles. The molecule has 0 saturated carbocycles. The Morgan fingerprint density at radius 1 is 1.09 bits per heavy atom. The van der Waals surface area contributed by atoms with Gasteiger partial charge in [-0.2, -0.15) is 0 Å². The summed E-state index contributed by atoms with van der Waals surface area (Å²) in [4.78, 5) is 6.31. The van der Waals surface area contributed by atoms with E-state index >= 15 is 0 Å². The summed E-state index contributed by atoms with van der Waals surface area (Å²) < 4.78 is 5.25.